The first-order valence-corrected chi connectivity index (χ1v) is 10.3. The van der Waals surface area contributed by atoms with Crippen LogP contribution in [0.25, 0.3) is 0 Å². The van der Waals surface area contributed by atoms with Crippen LogP contribution in [0.4, 0.5) is 0 Å². The Morgan fingerprint density at radius 1 is 1.40 bits per heavy atom. The Hall–Kier alpha value is -0.223. The van der Waals surface area contributed by atoms with Crippen molar-refractivity contribution >= 4 is 19.8 Å². The van der Waals surface area contributed by atoms with Crippen molar-refractivity contribution in [2.45, 2.75) is 38.4 Å². The molecule has 86 valence electrons. The van der Waals surface area contributed by atoms with Crippen LogP contribution in [-0.4, -0.2) is 23.6 Å². The first-order chi connectivity index (χ1) is 6.88. The maximum atomic E-state index is 4.35. The highest BCUT2D eigenvalue weighted by Crippen LogP contribution is 2.19. The lowest BCUT2D eigenvalue weighted by atomic mass is 10.3. The van der Waals surface area contributed by atoms with Gasteiger partial charge in [-0.15, -0.1) is 0 Å². The van der Waals surface area contributed by atoms with Gasteiger partial charge in [-0.25, -0.2) is 0 Å². The van der Waals surface area contributed by atoms with Gasteiger partial charge in [-0.3, -0.25) is 4.68 Å². The molecule has 0 spiro atoms. The first kappa shape index (κ1) is 12.8. The molecule has 1 aromatic rings. The molecule has 1 heterocycles. The number of hydrogen-bond acceptors (Lipinski definition) is 2. The van der Waals surface area contributed by atoms with Crippen LogP contribution in [0.15, 0.2) is 6.20 Å². The largest absolute Gasteiger partial charge is 0.275 e. The van der Waals surface area contributed by atoms with Gasteiger partial charge in [0, 0.05) is 32.6 Å². The number of thioether (sulfide) groups is 1. The zero-order valence-corrected chi connectivity index (χ0v) is 12.3. The number of nitrogens with zero attached hydrogens (tertiary/aromatic N) is 2. The summed E-state index contributed by atoms with van der Waals surface area (Å²) in [5.74, 6) is 2.41. The third-order valence-corrected chi connectivity index (χ3v) is 5.49. The summed E-state index contributed by atoms with van der Waals surface area (Å²) in [5.41, 5.74) is 2.57. The summed E-state index contributed by atoms with van der Waals surface area (Å²) < 4.78 is 1.91. The Morgan fingerprint density at radius 3 is 2.53 bits per heavy atom. The van der Waals surface area contributed by atoms with Gasteiger partial charge in [-0.05, 0) is 18.7 Å². The third kappa shape index (κ3) is 4.89. The van der Waals surface area contributed by atoms with E-state index in [9.17, 15) is 0 Å². The lowest BCUT2D eigenvalue weighted by molar-refractivity contribution is 0.756. The second kappa shape index (κ2) is 5.21. The van der Waals surface area contributed by atoms with Crippen LogP contribution >= 0.6 is 11.8 Å². The van der Waals surface area contributed by atoms with Crippen molar-refractivity contribution in [1.29, 1.82) is 0 Å². The zero-order valence-electron chi connectivity index (χ0n) is 10.5. The average molecular weight is 242 g/mol. The Kier molecular flexibility index (Phi) is 4.46. The van der Waals surface area contributed by atoms with Crippen molar-refractivity contribution in [3.05, 3.63) is 17.5 Å². The average Bonchev–Trinajstić information content (AvgIpc) is 2.37. The Morgan fingerprint density at radius 2 is 2.07 bits per heavy atom. The number of aromatic nitrogens is 2. The van der Waals surface area contributed by atoms with E-state index in [1.165, 1.54) is 23.1 Å². The predicted molar refractivity (Wildman–Crippen MR) is 72.3 cm³/mol. The molecule has 1 aromatic heterocycles. The Labute approximate surface area is 98.5 Å². The number of hydrogen-bond donors (Lipinski definition) is 0. The van der Waals surface area contributed by atoms with Gasteiger partial charge < -0.3 is 0 Å². The van der Waals surface area contributed by atoms with Crippen LogP contribution < -0.4 is 0 Å². The van der Waals surface area contributed by atoms with Crippen molar-refractivity contribution < 1.29 is 0 Å². The zero-order chi connectivity index (χ0) is 11.5. The molecule has 0 aliphatic heterocycles. The van der Waals surface area contributed by atoms with E-state index >= 15 is 0 Å². The SMILES string of the molecule is Cc1nn(C)cc1CSCC[Si](C)(C)C. The molecule has 0 aromatic carbocycles. The summed E-state index contributed by atoms with van der Waals surface area (Å²) in [6, 6.07) is 1.41. The second-order valence-electron chi connectivity index (χ2n) is 5.28. The molecule has 4 heteroatoms. The van der Waals surface area contributed by atoms with E-state index in [0.29, 0.717) is 0 Å². The second-order valence-corrected chi connectivity index (χ2v) is 12.0. The smallest absolute Gasteiger partial charge is 0.0633 e. The van der Waals surface area contributed by atoms with E-state index in [0.717, 1.165) is 5.75 Å². The molecule has 0 saturated carbocycles. The summed E-state index contributed by atoms with van der Waals surface area (Å²) >= 11 is 2.04. The Bertz CT molecular complexity index is 315. The van der Waals surface area contributed by atoms with Crippen LogP contribution in [0.1, 0.15) is 11.3 Å². The molecule has 0 aliphatic rings. The number of aryl methyl sites for hydroxylation is 2. The van der Waals surface area contributed by atoms with Crippen molar-refractivity contribution in [2.24, 2.45) is 7.05 Å². The molecule has 0 aliphatic carbocycles. The number of rotatable bonds is 5. The van der Waals surface area contributed by atoms with Crippen molar-refractivity contribution in [2.75, 3.05) is 5.75 Å². The van der Waals surface area contributed by atoms with Crippen LogP contribution in [0.5, 0.6) is 0 Å². The summed E-state index contributed by atoms with van der Waals surface area (Å²) in [7, 11) is 1.14. The molecule has 15 heavy (non-hydrogen) atoms. The summed E-state index contributed by atoms with van der Waals surface area (Å²) in [4.78, 5) is 0. The third-order valence-electron chi connectivity index (χ3n) is 2.37. The summed E-state index contributed by atoms with van der Waals surface area (Å²) in [6.45, 7) is 9.39. The lowest BCUT2D eigenvalue weighted by Gasteiger charge is -2.14. The normalized spacial score (nSPS) is 12.1. The van der Waals surface area contributed by atoms with E-state index in [4.69, 9.17) is 0 Å². The van der Waals surface area contributed by atoms with Gasteiger partial charge >= 0.3 is 0 Å². The van der Waals surface area contributed by atoms with Gasteiger partial charge in [-0.2, -0.15) is 16.9 Å². The fraction of sp³-hybridized carbons (Fsp3) is 0.727. The topological polar surface area (TPSA) is 17.8 Å². The highest BCUT2D eigenvalue weighted by atomic mass is 32.2. The molecular formula is C11H22N2SSi. The molecule has 0 radical (unpaired) electrons. The lowest BCUT2D eigenvalue weighted by Crippen LogP contribution is -2.19. The molecule has 0 N–H and O–H groups in total. The predicted octanol–water partition coefficient (Wildman–Crippen LogP) is 3.30. The van der Waals surface area contributed by atoms with E-state index in [2.05, 4.69) is 37.9 Å². The minimum atomic E-state index is -0.845. The quantitative estimate of drug-likeness (QED) is 0.582. The molecule has 0 amide bonds. The molecule has 1 rings (SSSR count). The van der Waals surface area contributed by atoms with Crippen molar-refractivity contribution in [3.8, 4) is 0 Å². The van der Waals surface area contributed by atoms with E-state index in [1.54, 1.807) is 0 Å². The maximum Gasteiger partial charge on any atom is 0.0633 e. The van der Waals surface area contributed by atoms with Gasteiger partial charge in [0.05, 0.1) is 5.69 Å². The molecule has 0 atom stereocenters. The standard InChI is InChI=1S/C11H22N2SSi/c1-10-11(8-13(2)12-10)9-14-6-7-15(3,4)5/h8H,6-7,9H2,1-5H3. The van der Waals surface area contributed by atoms with Crippen molar-refractivity contribution in [1.82, 2.24) is 9.78 Å². The van der Waals surface area contributed by atoms with Crippen LogP contribution in [0, 0.1) is 6.92 Å². The summed E-state index contributed by atoms with van der Waals surface area (Å²) in [5, 5.41) is 4.35. The Balaban J connectivity index is 2.29. The van der Waals surface area contributed by atoms with Gasteiger partial charge in [0.25, 0.3) is 0 Å². The highest BCUT2D eigenvalue weighted by molar-refractivity contribution is 7.98. The maximum absolute atomic E-state index is 4.35. The van der Waals surface area contributed by atoms with E-state index in [1.807, 2.05) is 23.5 Å². The van der Waals surface area contributed by atoms with Gasteiger partial charge in [0.15, 0.2) is 0 Å². The molecule has 2 nitrogen and oxygen atoms in total. The van der Waals surface area contributed by atoms with Crippen molar-refractivity contribution in [3.63, 3.8) is 0 Å². The highest BCUT2D eigenvalue weighted by Gasteiger charge is 2.12. The van der Waals surface area contributed by atoms with E-state index < -0.39 is 8.07 Å². The van der Waals surface area contributed by atoms with Gasteiger partial charge in [0.2, 0.25) is 0 Å². The van der Waals surface area contributed by atoms with Crippen LogP contribution in [0.2, 0.25) is 25.7 Å². The molecule has 0 fully saturated rings. The molecular weight excluding hydrogens is 220 g/mol. The fourth-order valence-corrected chi connectivity index (χ4v) is 5.03. The minimum Gasteiger partial charge on any atom is -0.275 e. The molecule has 0 bridgehead atoms. The first-order valence-electron chi connectivity index (χ1n) is 5.45. The van der Waals surface area contributed by atoms with E-state index in [-0.39, 0.29) is 0 Å². The molecule has 0 unspecified atom stereocenters. The monoisotopic (exact) mass is 242 g/mol. The molecule has 0 saturated heterocycles. The minimum absolute atomic E-state index is 0.845. The van der Waals surface area contributed by atoms with Gasteiger partial charge in [-0.1, -0.05) is 19.6 Å². The van der Waals surface area contributed by atoms with Gasteiger partial charge in [0.1, 0.15) is 0 Å². The fourth-order valence-electron chi connectivity index (χ4n) is 1.35. The van der Waals surface area contributed by atoms with Crippen LogP contribution in [0.3, 0.4) is 0 Å². The summed E-state index contributed by atoms with van der Waals surface area (Å²) in [6.07, 6.45) is 2.14. The van der Waals surface area contributed by atoms with Crippen LogP contribution in [-0.2, 0) is 12.8 Å².